The Bertz CT molecular complexity index is 679. The lowest BCUT2D eigenvalue weighted by Crippen LogP contribution is -2.39. The number of aromatic nitrogens is 4. The largest absolute Gasteiger partial charge is 0.370 e. The van der Waals surface area contributed by atoms with E-state index in [1.54, 1.807) is 0 Å². The Morgan fingerprint density at radius 1 is 1.27 bits per heavy atom. The number of anilines is 1. The van der Waals surface area contributed by atoms with Crippen molar-refractivity contribution in [2.75, 3.05) is 24.6 Å². The summed E-state index contributed by atoms with van der Waals surface area (Å²) in [6.45, 7) is 4.37. The third-order valence-electron chi connectivity index (χ3n) is 4.33. The number of rotatable bonds is 3. The van der Waals surface area contributed by atoms with E-state index in [1.165, 1.54) is 18.5 Å². The van der Waals surface area contributed by atoms with Crippen LogP contribution in [0.3, 0.4) is 0 Å². The first-order valence-corrected chi connectivity index (χ1v) is 7.90. The fraction of sp³-hybridized carbons (Fsp3) is 0.562. The highest BCUT2D eigenvalue weighted by molar-refractivity contribution is 5.42. The van der Waals surface area contributed by atoms with Gasteiger partial charge in [0.2, 0.25) is 0 Å². The van der Waals surface area contributed by atoms with Gasteiger partial charge in [0.15, 0.2) is 0 Å². The van der Waals surface area contributed by atoms with Gasteiger partial charge in [0.1, 0.15) is 17.7 Å². The molecule has 4 rings (SSSR count). The van der Waals surface area contributed by atoms with Gasteiger partial charge in [-0.15, -0.1) is 0 Å². The molecule has 22 heavy (non-hydrogen) atoms. The van der Waals surface area contributed by atoms with Crippen LogP contribution in [0.25, 0.3) is 0 Å². The number of hydrogen-bond donors (Lipinski definition) is 0. The fourth-order valence-electron chi connectivity index (χ4n) is 2.99. The highest BCUT2D eigenvalue weighted by atomic mass is 16.5. The molecule has 6 heteroatoms. The van der Waals surface area contributed by atoms with Gasteiger partial charge in [-0.3, -0.25) is 4.68 Å². The zero-order valence-electron chi connectivity index (χ0n) is 13.1. The first-order valence-electron chi connectivity index (χ1n) is 7.90. The van der Waals surface area contributed by atoms with Gasteiger partial charge in [-0.2, -0.15) is 5.10 Å². The summed E-state index contributed by atoms with van der Waals surface area (Å²) in [7, 11) is 1.93. The van der Waals surface area contributed by atoms with E-state index in [2.05, 4.69) is 26.0 Å². The zero-order valence-corrected chi connectivity index (χ0v) is 13.1. The predicted octanol–water partition coefficient (Wildman–Crippen LogP) is 1.97. The molecular weight excluding hydrogens is 278 g/mol. The van der Waals surface area contributed by atoms with Gasteiger partial charge in [0, 0.05) is 49.6 Å². The minimum absolute atomic E-state index is 0.0575. The van der Waals surface area contributed by atoms with Gasteiger partial charge in [0.25, 0.3) is 0 Å². The molecule has 116 valence electrons. The molecule has 1 aliphatic carbocycles. The fourth-order valence-corrected chi connectivity index (χ4v) is 2.99. The second-order valence-electron chi connectivity index (χ2n) is 6.23. The van der Waals surface area contributed by atoms with E-state index in [-0.39, 0.29) is 6.10 Å². The molecule has 0 bridgehead atoms. The molecule has 1 saturated heterocycles. The van der Waals surface area contributed by atoms with Crippen LogP contribution in [0.5, 0.6) is 0 Å². The van der Waals surface area contributed by atoms with Gasteiger partial charge in [-0.1, -0.05) is 0 Å². The molecule has 0 N–H and O–H groups in total. The highest BCUT2D eigenvalue weighted by Gasteiger charge is 2.28. The molecule has 2 aliphatic rings. The standard InChI is InChI=1S/C16H21N5O/c1-11-18-14(12-3-4-12)7-16(19-11)21-5-6-22-15(10-21)13-8-17-20(2)9-13/h7-9,12,15H,3-6,10H2,1-2H3. The average molecular weight is 299 g/mol. The predicted molar refractivity (Wildman–Crippen MR) is 82.9 cm³/mol. The second kappa shape index (κ2) is 5.35. The van der Waals surface area contributed by atoms with Crippen LogP contribution in [0.15, 0.2) is 18.5 Å². The molecule has 0 radical (unpaired) electrons. The van der Waals surface area contributed by atoms with Gasteiger partial charge >= 0.3 is 0 Å². The van der Waals surface area contributed by atoms with Crippen LogP contribution in [0.4, 0.5) is 5.82 Å². The maximum absolute atomic E-state index is 5.91. The van der Waals surface area contributed by atoms with Crippen LogP contribution < -0.4 is 4.90 Å². The van der Waals surface area contributed by atoms with Crippen LogP contribution in [0.2, 0.25) is 0 Å². The average Bonchev–Trinajstić information content (AvgIpc) is 3.29. The Kier molecular flexibility index (Phi) is 3.33. The molecule has 2 fully saturated rings. The van der Waals surface area contributed by atoms with Gasteiger partial charge in [0.05, 0.1) is 12.8 Å². The summed E-state index contributed by atoms with van der Waals surface area (Å²) < 4.78 is 7.73. The number of nitrogens with zero attached hydrogens (tertiary/aromatic N) is 5. The minimum atomic E-state index is 0.0575. The van der Waals surface area contributed by atoms with Crippen LogP contribution in [-0.4, -0.2) is 39.4 Å². The first-order chi connectivity index (χ1) is 10.7. The van der Waals surface area contributed by atoms with Crippen molar-refractivity contribution in [1.29, 1.82) is 0 Å². The van der Waals surface area contributed by atoms with Crippen molar-refractivity contribution in [1.82, 2.24) is 19.7 Å². The molecule has 6 nitrogen and oxygen atoms in total. The molecule has 0 amide bonds. The third kappa shape index (κ3) is 2.70. The third-order valence-corrected chi connectivity index (χ3v) is 4.33. The van der Waals surface area contributed by atoms with E-state index in [9.17, 15) is 0 Å². The summed E-state index contributed by atoms with van der Waals surface area (Å²) in [6.07, 6.45) is 6.49. The molecule has 3 heterocycles. The maximum atomic E-state index is 5.91. The number of hydrogen-bond acceptors (Lipinski definition) is 5. The second-order valence-corrected chi connectivity index (χ2v) is 6.23. The van der Waals surface area contributed by atoms with Gasteiger partial charge < -0.3 is 9.64 Å². The summed E-state index contributed by atoms with van der Waals surface area (Å²) in [5.74, 6) is 2.55. The van der Waals surface area contributed by atoms with Crippen LogP contribution in [0, 0.1) is 6.92 Å². The van der Waals surface area contributed by atoms with Gasteiger partial charge in [-0.25, -0.2) is 9.97 Å². The lowest BCUT2D eigenvalue weighted by molar-refractivity contribution is 0.0394. The SMILES string of the molecule is Cc1nc(C2CC2)cc(N2CCOC(c3cnn(C)c3)C2)n1. The van der Waals surface area contributed by atoms with Crippen molar-refractivity contribution >= 4 is 5.82 Å². The summed E-state index contributed by atoms with van der Waals surface area (Å²) >= 11 is 0. The van der Waals surface area contributed by atoms with Crippen molar-refractivity contribution < 1.29 is 4.74 Å². The molecule has 1 atom stereocenters. The smallest absolute Gasteiger partial charge is 0.132 e. The molecule has 2 aromatic rings. The maximum Gasteiger partial charge on any atom is 0.132 e. The molecule has 2 aromatic heterocycles. The zero-order chi connectivity index (χ0) is 15.1. The van der Waals surface area contributed by atoms with E-state index in [0.717, 1.165) is 30.3 Å². The Hall–Kier alpha value is -1.95. The van der Waals surface area contributed by atoms with E-state index in [1.807, 2.05) is 31.0 Å². The van der Waals surface area contributed by atoms with E-state index >= 15 is 0 Å². The Morgan fingerprint density at radius 3 is 2.86 bits per heavy atom. The highest BCUT2D eigenvalue weighted by Crippen LogP contribution is 2.40. The summed E-state index contributed by atoms with van der Waals surface area (Å²) in [5.41, 5.74) is 2.33. The molecule has 1 saturated carbocycles. The quantitative estimate of drug-likeness (QED) is 0.867. The van der Waals surface area contributed by atoms with Gasteiger partial charge in [-0.05, 0) is 19.8 Å². The normalized spacial score (nSPS) is 22.1. The molecule has 1 unspecified atom stereocenters. The summed E-state index contributed by atoms with van der Waals surface area (Å²) in [4.78, 5) is 11.5. The van der Waals surface area contributed by atoms with Crippen molar-refractivity contribution in [3.05, 3.63) is 35.5 Å². The first kappa shape index (κ1) is 13.7. The van der Waals surface area contributed by atoms with E-state index < -0.39 is 0 Å². The topological polar surface area (TPSA) is 56.1 Å². The summed E-state index contributed by atoms with van der Waals surface area (Å²) in [6, 6.07) is 2.16. The molecule has 0 spiro atoms. The Morgan fingerprint density at radius 2 is 2.14 bits per heavy atom. The monoisotopic (exact) mass is 299 g/mol. The van der Waals surface area contributed by atoms with Crippen LogP contribution >= 0.6 is 0 Å². The Balaban J connectivity index is 1.57. The summed E-state index contributed by atoms with van der Waals surface area (Å²) in [5, 5.41) is 4.24. The van der Waals surface area contributed by atoms with Crippen LogP contribution in [-0.2, 0) is 11.8 Å². The van der Waals surface area contributed by atoms with E-state index in [4.69, 9.17) is 4.74 Å². The minimum Gasteiger partial charge on any atom is -0.370 e. The Labute approximate surface area is 130 Å². The lowest BCUT2D eigenvalue weighted by atomic mass is 10.1. The van der Waals surface area contributed by atoms with Crippen molar-refractivity contribution in [2.24, 2.45) is 7.05 Å². The van der Waals surface area contributed by atoms with Crippen LogP contribution in [0.1, 0.15) is 41.9 Å². The van der Waals surface area contributed by atoms with Crippen molar-refractivity contribution in [3.8, 4) is 0 Å². The molecule has 1 aliphatic heterocycles. The lowest BCUT2D eigenvalue weighted by Gasteiger charge is -2.33. The van der Waals surface area contributed by atoms with Crippen molar-refractivity contribution in [3.63, 3.8) is 0 Å². The molecular formula is C16H21N5O. The number of ether oxygens (including phenoxy) is 1. The number of aryl methyl sites for hydroxylation is 2. The van der Waals surface area contributed by atoms with E-state index in [0.29, 0.717) is 12.5 Å². The number of morpholine rings is 1. The van der Waals surface area contributed by atoms with Crippen molar-refractivity contribution in [2.45, 2.75) is 31.8 Å². The molecule has 0 aromatic carbocycles.